The van der Waals surface area contributed by atoms with Gasteiger partial charge in [0.05, 0.1) is 6.61 Å². The van der Waals surface area contributed by atoms with Gasteiger partial charge in [0.15, 0.2) is 0 Å². The molecule has 0 aliphatic carbocycles. The summed E-state index contributed by atoms with van der Waals surface area (Å²) in [6, 6.07) is 4.72. The van der Waals surface area contributed by atoms with E-state index in [1.165, 1.54) is 13.0 Å². The highest BCUT2D eigenvalue weighted by Gasteiger charge is 2.61. The summed E-state index contributed by atoms with van der Waals surface area (Å²) in [6.07, 6.45) is -3.90. The van der Waals surface area contributed by atoms with Crippen LogP contribution in [0.25, 0.3) is 10.9 Å². The summed E-state index contributed by atoms with van der Waals surface area (Å²) in [4.78, 5) is 14.5. The molecule has 0 spiro atoms. The Bertz CT molecular complexity index is 684. The zero-order valence-corrected chi connectivity index (χ0v) is 12.5. The third-order valence-electron chi connectivity index (χ3n) is 3.11. The van der Waals surface area contributed by atoms with E-state index in [2.05, 4.69) is 25.7 Å². The molecule has 0 bridgehead atoms. The lowest BCUT2D eigenvalue weighted by atomic mass is 9.90. The number of aromatic nitrogens is 1. The van der Waals surface area contributed by atoms with Gasteiger partial charge < -0.3 is 15.5 Å². The average molecular weight is 365 g/mol. The molecule has 1 unspecified atom stereocenters. The highest BCUT2D eigenvalue weighted by molar-refractivity contribution is 9.10. The standard InChI is InChI=1S/C13H12BrF3N2O2/c1-2-21-11(20)12(18,13(15,16)17)9-6-19-10-4-3-7(14)5-8(9)10/h3-6,19H,2,18H2,1H3. The van der Waals surface area contributed by atoms with Gasteiger partial charge in [-0.2, -0.15) is 13.2 Å². The van der Waals surface area contributed by atoms with Crippen molar-refractivity contribution in [3.63, 3.8) is 0 Å². The van der Waals surface area contributed by atoms with Gasteiger partial charge in [-0.25, -0.2) is 4.79 Å². The number of halogens is 4. The third kappa shape index (κ3) is 2.53. The summed E-state index contributed by atoms with van der Waals surface area (Å²) in [5.74, 6) is -1.53. The lowest BCUT2D eigenvalue weighted by Gasteiger charge is -2.29. The van der Waals surface area contributed by atoms with Crippen LogP contribution in [0.4, 0.5) is 13.2 Å². The van der Waals surface area contributed by atoms with Crippen LogP contribution in [-0.2, 0) is 15.1 Å². The Morgan fingerprint density at radius 2 is 2.10 bits per heavy atom. The van der Waals surface area contributed by atoms with Gasteiger partial charge in [0.25, 0.3) is 0 Å². The maximum absolute atomic E-state index is 13.4. The second-order valence-corrected chi connectivity index (χ2v) is 5.33. The number of carbonyl (C=O) groups excluding carboxylic acids is 1. The van der Waals surface area contributed by atoms with Crippen molar-refractivity contribution in [3.8, 4) is 0 Å². The summed E-state index contributed by atoms with van der Waals surface area (Å²) < 4.78 is 45.4. The molecule has 0 saturated heterocycles. The summed E-state index contributed by atoms with van der Waals surface area (Å²) in [6.45, 7) is 1.22. The molecule has 1 aromatic heterocycles. The highest BCUT2D eigenvalue weighted by Crippen LogP contribution is 2.41. The van der Waals surface area contributed by atoms with Gasteiger partial charge in [0, 0.05) is 27.1 Å². The molecular formula is C13H12BrF3N2O2. The highest BCUT2D eigenvalue weighted by atomic mass is 79.9. The first kappa shape index (κ1) is 15.8. The van der Waals surface area contributed by atoms with Gasteiger partial charge in [-0.05, 0) is 25.1 Å². The minimum atomic E-state index is -4.99. The quantitative estimate of drug-likeness (QED) is 0.821. The SMILES string of the molecule is CCOC(=O)C(N)(c1c[nH]c2ccc(Br)cc12)C(F)(F)F. The number of fused-ring (bicyclic) bond motifs is 1. The van der Waals surface area contributed by atoms with Crippen LogP contribution in [0.3, 0.4) is 0 Å². The Kier molecular flexibility index (Phi) is 4.03. The second kappa shape index (κ2) is 5.34. The number of aromatic amines is 1. The van der Waals surface area contributed by atoms with E-state index in [1.807, 2.05) is 0 Å². The van der Waals surface area contributed by atoms with Crippen LogP contribution in [0.15, 0.2) is 28.9 Å². The van der Waals surface area contributed by atoms with Gasteiger partial charge in [-0.3, -0.25) is 0 Å². The van der Waals surface area contributed by atoms with Gasteiger partial charge in [0.1, 0.15) is 0 Å². The minimum absolute atomic E-state index is 0.195. The number of ether oxygens (including phenoxy) is 1. The van der Waals surface area contributed by atoms with Gasteiger partial charge in [-0.1, -0.05) is 15.9 Å². The third-order valence-corrected chi connectivity index (χ3v) is 3.61. The van der Waals surface area contributed by atoms with Crippen LogP contribution in [0, 0.1) is 0 Å². The van der Waals surface area contributed by atoms with Crippen molar-refractivity contribution in [3.05, 3.63) is 34.4 Å². The molecule has 0 amide bonds. The van der Waals surface area contributed by atoms with Crippen molar-refractivity contribution in [2.75, 3.05) is 6.61 Å². The summed E-state index contributed by atoms with van der Waals surface area (Å²) in [7, 11) is 0. The maximum Gasteiger partial charge on any atom is 0.421 e. The summed E-state index contributed by atoms with van der Waals surface area (Å²) in [5, 5.41) is 0.206. The number of rotatable bonds is 3. The number of carbonyl (C=O) groups is 1. The molecule has 0 saturated carbocycles. The lowest BCUT2D eigenvalue weighted by Crippen LogP contribution is -2.57. The monoisotopic (exact) mass is 364 g/mol. The molecule has 0 fully saturated rings. The lowest BCUT2D eigenvalue weighted by molar-refractivity contribution is -0.208. The van der Waals surface area contributed by atoms with Crippen LogP contribution in [-0.4, -0.2) is 23.7 Å². The Labute approximate surface area is 126 Å². The predicted octanol–water partition coefficient (Wildman–Crippen LogP) is 3.21. The van der Waals surface area contributed by atoms with Crippen molar-refractivity contribution < 1.29 is 22.7 Å². The van der Waals surface area contributed by atoms with Crippen LogP contribution in [0.5, 0.6) is 0 Å². The number of nitrogens with two attached hydrogens (primary N) is 1. The zero-order valence-electron chi connectivity index (χ0n) is 10.9. The number of esters is 1. The smallest absolute Gasteiger partial charge is 0.421 e. The molecule has 114 valence electrons. The van der Waals surface area contributed by atoms with Crippen molar-refractivity contribution in [2.24, 2.45) is 5.73 Å². The van der Waals surface area contributed by atoms with Gasteiger partial charge in [-0.15, -0.1) is 0 Å². The number of nitrogens with one attached hydrogen (secondary N) is 1. The zero-order chi connectivity index (χ0) is 15.8. The number of H-pyrrole nitrogens is 1. The van der Waals surface area contributed by atoms with E-state index in [-0.39, 0.29) is 17.6 Å². The first-order valence-corrected chi connectivity index (χ1v) is 6.81. The summed E-state index contributed by atoms with van der Waals surface area (Å²) in [5.41, 5.74) is 2.30. The molecule has 8 heteroatoms. The van der Waals surface area contributed by atoms with E-state index in [1.54, 1.807) is 12.1 Å². The Morgan fingerprint density at radius 1 is 1.43 bits per heavy atom. The molecular weight excluding hydrogens is 353 g/mol. The molecule has 0 radical (unpaired) electrons. The van der Waals surface area contributed by atoms with E-state index in [4.69, 9.17) is 5.73 Å². The van der Waals surface area contributed by atoms with E-state index in [9.17, 15) is 18.0 Å². The molecule has 4 nitrogen and oxygen atoms in total. The molecule has 0 aliphatic rings. The van der Waals surface area contributed by atoms with Crippen LogP contribution < -0.4 is 5.73 Å². The molecule has 3 N–H and O–H groups in total. The molecule has 2 rings (SSSR count). The van der Waals surface area contributed by atoms with E-state index >= 15 is 0 Å². The Hall–Kier alpha value is -1.54. The second-order valence-electron chi connectivity index (χ2n) is 4.42. The van der Waals surface area contributed by atoms with Crippen molar-refractivity contribution in [1.29, 1.82) is 0 Å². The molecule has 2 aromatic rings. The summed E-state index contributed by atoms with van der Waals surface area (Å²) >= 11 is 3.18. The van der Waals surface area contributed by atoms with E-state index < -0.39 is 17.7 Å². The largest absolute Gasteiger partial charge is 0.464 e. The van der Waals surface area contributed by atoms with Crippen LogP contribution in [0.1, 0.15) is 12.5 Å². The number of benzene rings is 1. The van der Waals surface area contributed by atoms with E-state index in [0.29, 0.717) is 9.99 Å². The maximum atomic E-state index is 13.4. The first-order chi connectivity index (χ1) is 9.71. The first-order valence-electron chi connectivity index (χ1n) is 6.01. The number of hydrogen-bond acceptors (Lipinski definition) is 3. The fraction of sp³-hybridized carbons (Fsp3) is 0.308. The average Bonchev–Trinajstić information content (AvgIpc) is 2.79. The van der Waals surface area contributed by atoms with Crippen LogP contribution in [0.2, 0.25) is 0 Å². The molecule has 1 heterocycles. The van der Waals surface area contributed by atoms with Crippen molar-refractivity contribution in [1.82, 2.24) is 4.98 Å². The molecule has 1 atom stereocenters. The fourth-order valence-corrected chi connectivity index (χ4v) is 2.40. The Morgan fingerprint density at radius 3 is 2.67 bits per heavy atom. The molecule has 21 heavy (non-hydrogen) atoms. The topological polar surface area (TPSA) is 68.1 Å². The predicted molar refractivity (Wildman–Crippen MR) is 74.6 cm³/mol. The van der Waals surface area contributed by atoms with Crippen LogP contribution >= 0.6 is 15.9 Å². The Balaban J connectivity index is 2.70. The van der Waals surface area contributed by atoms with Crippen molar-refractivity contribution >= 4 is 32.8 Å². The number of alkyl halides is 3. The minimum Gasteiger partial charge on any atom is -0.464 e. The fourth-order valence-electron chi connectivity index (χ4n) is 2.04. The molecule has 0 aliphatic heterocycles. The van der Waals surface area contributed by atoms with Gasteiger partial charge >= 0.3 is 12.1 Å². The molecule has 1 aromatic carbocycles. The van der Waals surface area contributed by atoms with Crippen molar-refractivity contribution in [2.45, 2.75) is 18.6 Å². The van der Waals surface area contributed by atoms with Gasteiger partial charge in [0.2, 0.25) is 5.54 Å². The van der Waals surface area contributed by atoms with E-state index in [0.717, 1.165) is 6.20 Å². The number of hydrogen-bond donors (Lipinski definition) is 2. The normalized spacial score (nSPS) is 15.0.